The Hall–Kier alpha value is -2.42. The molecule has 0 unspecified atom stereocenters. The van der Waals surface area contributed by atoms with Gasteiger partial charge in [0.15, 0.2) is 11.5 Å². The standard InChI is InChI=1S/C20H25ClN8/c21-15-3-1-14(2-4-15)11-27-7-9-28(10-8-27)16-5-6-29(12-16)19-17-18(24-13-23-17)25-20(22)26-19/h1-4,13,16H,5-12H2,(H3,22,23,24,25,26)/t16-/m0/s1. The molecule has 2 aromatic heterocycles. The van der Waals surface area contributed by atoms with E-state index in [9.17, 15) is 0 Å². The fourth-order valence-corrected chi connectivity index (χ4v) is 4.56. The molecule has 0 bridgehead atoms. The summed E-state index contributed by atoms with van der Waals surface area (Å²) < 4.78 is 0. The van der Waals surface area contributed by atoms with Gasteiger partial charge in [-0.1, -0.05) is 23.7 Å². The lowest BCUT2D eigenvalue weighted by Gasteiger charge is -2.38. The molecule has 152 valence electrons. The number of nitrogens with one attached hydrogen (secondary N) is 1. The van der Waals surface area contributed by atoms with Crippen LogP contribution in [0.2, 0.25) is 5.02 Å². The zero-order valence-corrected chi connectivity index (χ0v) is 17.0. The SMILES string of the molecule is Nc1nc(N2CC[C@H](N3CCN(Cc4ccc(Cl)cc4)CC3)C2)c2[nH]cnc2n1. The van der Waals surface area contributed by atoms with Gasteiger partial charge in [-0.2, -0.15) is 9.97 Å². The van der Waals surface area contributed by atoms with E-state index in [1.54, 1.807) is 6.33 Å². The fourth-order valence-electron chi connectivity index (χ4n) is 4.43. The fraction of sp³-hybridized carbons (Fsp3) is 0.450. The first kappa shape index (κ1) is 18.6. The minimum absolute atomic E-state index is 0.277. The molecule has 1 aromatic carbocycles. The molecule has 29 heavy (non-hydrogen) atoms. The molecule has 0 radical (unpaired) electrons. The minimum Gasteiger partial charge on any atom is -0.368 e. The Morgan fingerprint density at radius 1 is 1.07 bits per heavy atom. The van der Waals surface area contributed by atoms with Gasteiger partial charge in [-0.05, 0) is 24.1 Å². The summed E-state index contributed by atoms with van der Waals surface area (Å²) in [4.78, 5) is 23.5. The van der Waals surface area contributed by atoms with Crippen molar-refractivity contribution in [3.05, 3.63) is 41.2 Å². The summed E-state index contributed by atoms with van der Waals surface area (Å²) in [7, 11) is 0. The average Bonchev–Trinajstić information content (AvgIpc) is 3.39. The quantitative estimate of drug-likeness (QED) is 0.677. The number of piperazine rings is 1. The molecule has 2 aliphatic heterocycles. The Morgan fingerprint density at radius 3 is 2.66 bits per heavy atom. The minimum atomic E-state index is 0.277. The normalized spacial score (nSPS) is 21.3. The van der Waals surface area contributed by atoms with Crippen molar-refractivity contribution in [3.8, 4) is 0 Å². The van der Waals surface area contributed by atoms with Crippen LogP contribution in [0.4, 0.5) is 11.8 Å². The van der Waals surface area contributed by atoms with E-state index in [1.807, 2.05) is 12.1 Å². The molecule has 2 fully saturated rings. The molecular weight excluding hydrogens is 388 g/mol. The summed E-state index contributed by atoms with van der Waals surface area (Å²) in [6, 6.07) is 8.72. The molecule has 3 aromatic rings. The highest BCUT2D eigenvalue weighted by atomic mass is 35.5. The number of nitrogens with two attached hydrogens (primary N) is 1. The lowest BCUT2D eigenvalue weighted by atomic mass is 10.1. The Bertz CT molecular complexity index is 980. The van der Waals surface area contributed by atoms with Crippen LogP contribution in [0, 0.1) is 0 Å². The average molecular weight is 413 g/mol. The Kier molecular flexibility index (Phi) is 4.99. The molecule has 0 saturated carbocycles. The number of imidazole rings is 1. The van der Waals surface area contributed by atoms with E-state index in [0.29, 0.717) is 11.7 Å². The smallest absolute Gasteiger partial charge is 0.224 e. The molecule has 2 aliphatic rings. The van der Waals surface area contributed by atoms with Gasteiger partial charge in [-0.25, -0.2) is 4.98 Å². The second-order valence-corrected chi connectivity index (χ2v) is 8.27. The number of H-pyrrole nitrogens is 1. The van der Waals surface area contributed by atoms with Gasteiger partial charge in [0.25, 0.3) is 0 Å². The third-order valence-electron chi connectivity index (χ3n) is 5.99. The third kappa shape index (κ3) is 3.88. The van der Waals surface area contributed by atoms with Gasteiger partial charge in [0.1, 0.15) is 5.52 Å². The van der Waals surface area contributed by atoms with Crippen molar-refractivity contribution in [1.82, 2.24) is 29.7 Å². The van der Waals surface area contributed by atoms with Crippen LogP contribution in [-0.2, 0) is 6.54 Å². The summed E-state index contributed by atoms with van der Waals surface area (Å²) >= 11 is 5.99. The maximum absolute atomic E-state index is 5.99. The van der Waals surface area contributed by atoms with Crippen molar-refractivity contribution in [2.24, 2.45) is 0 Å². The van der Waals surface area contributed by atoms with E-state index in [1.165, 1.54) is 5.56 Å². The van der Waals surface area contributed by atoms with Gasteiger partial charge < -0.3 is 15.6 Å². The van der Waals surface area contributed by atoms with Gasteiger partial charge in [-0.3, -0.25) is 9.80 Å². The maximum Gasteiger partial charge on any atom is 0.224 e. The number of benzene rings is 1. The lowest BCUT2D eigenvalue weighted by Crippen LogP contribution is -2.50. The van der Waals surface area contributed by atoms with Crippen molar-refractivity contribution in [2.45, 2.75) is 19.0 Å². The van der Waals surface area contributed by atoms with Crippen molar-refractivity contribution < 1.29 is 0 Å². The number of nitrogens with zero attached hydrogens (tertiary/aromatic N) is 6. The van der Waals surface area contributed by atoms with Crippen molar-refractivity contribution in [3.63, 3.8) is 0 Å². The van der Waals surface area contributed by atoms with Crippen LogP contribution in [-0.4, -0.2) is 75.0 Å². The van der Waals surface area contributed by atoms with Gasteiger partial charge >= 0.3 is 0 Å². The maximum atomic E-state index is 5.99. The van der Waals surface area contributed by atoms with Gasteiger partial charge in [-0.15, -0.1) is 0 Å². The van der Waals surface area contributed by atoms with Crippen LogP contribution in [0.15, 0.2) is 30.6 Å². The molecule has 2 saturated heterocycles. The van der Waals surface area contributed by atoms with Gasteiger partial charge in [0.05, 0.1) is 6.33 Å². The zero-order chi connectivity index (χ0) is 19.8. The van der Waals surface area contributed by atoms with Crippen molar-refractivity contribution in [1.29, 1.82) is 0 Å². The Balaban J connectivity index is 1.19. The second kappa shape index (κ2) is 7.78. The predicted molar refractivity (Wildman–Crippen MR) is 115 cm³/mol. The summed E-state index contributed by atoms with van der Waals surface area (Å²) in [5.74, 6) is 1.15. The van der Waals surface area contributed by atoms with E-state index in [-0.39, 0.29) is 5.95 Å². The summed E-state index contributed by atoms with van der Waals surface area (Å²) in [6.45, 7) is 7.28. The van der Waals surface area contributed by atoms with Gasteiger partial charge in [0.2, 0.25) is 5.95 Å². The number of fused-ring (bicyclic) bond motifs is 1. The van der Waals surface area contributed by atoms with E-state index in [2.05, 4.69) is 46.8 Å². The van der Waals surface area contributed by atoms with Crippen LogP contribution in [0.5, 0.6) is 0 Å². The number of nitrogen functional groups attached to an aromatic ring is 1. The number of aromatic nitrogens is 4. The molecule has 0 spiro atoms. The summed E-state index contributed by atoms with van der Waals surface area (Å²) in [6.07, 6.45) is 2.78. The molecule has 9 heteroatoms. The first-order valence-corrected chi connectivity index (χ1v) is 10.5. The van der Waals surface area contributed by atoms with Crippen molar-refractivity contribution in [2.75, 3.05) is 49.9 Å². The van der Waals surface area contributed by atoms with E-state index in [0.717, 1.165) is 68.6 Å². The topological polar surface area (TPSA) is 90.2 Å². The van der Waals surface area contributed by atoms with Gasteiger partial charge in [0, 0.05) is 56.9 Å². The van der Waals surface area contributed by atoms with Crippen LogP contribution in [0.25, 0.3) is 11.2 Å². The van der Waals surface area contributed by atoms with Crippen molar-refractivity contribution >= 4 is 34.5 Å². The first-order valence-electron chi connectivity index (χ1n) is 10.1. The van der Waals surface area contributed by atoms with Crippen LogP contribution < -0.4 is 10.6 Å². The predicted octanol–water partition coefficient (Wildman–Crippen LogP) is 1.98. The largest absolute Gasteiger partial charge is 0.368 e. The molecular formula is C20H25ClN8. The Morgan fingerprint density at radius 2 is 1.86 bits per heavy atom. The van der Waals surface area contributed by atoms with E-state index < -0.39 is 0 Å². The molecule has 3 N–H and O–H groups in total. The number of hydrogen-bond acceptors (Lipinski definition) is 7. The van der Waals surface area contributed by atoms with Crippen LogP contribution in [0.1, 0.15) is 12.0 Å². The molecule has 5 rings (SSSR count). The molecule has 1 atom stereocenters. The molecule has 8 nitrogen and oxygen atoms in total. The number of hydrogen-bond donors (Lipinski definition) is 2. The third-order valence-corrected chi connectivity index (χ3v) is 6.24. The number of anilines is 2. The highest BCUT2D eigenvalue weighted by molar-refractivity contribution is 6.30. The molecule has 0 aliphatic carbocycles. The van der Waals surface area contributed by atoms with E-state index >= 15 is 0 Å². The summed E-state index contributed by atoms with van der Waals surface area (Å²) in [5, 5.41) is 0.794. The van der Waals surface area contributed by atoms with Crippen LogP contribution >= 0.6 is 11.6 Å². The first-order chi connectivity index (χ1) is 14.2. The van der Waals surface area contributed by atoms with Crippen LogP contribution in [0.3, 0.4) is 0 Å². The Labute approximate surface area is 174 Å². The molecule has 4 heterocycles. The molecule has 0 amide bonds. The summed E-state index contributed by atoms with van der Waals surface area (Å²) in [5.41, 5.74) is 8.71. The monoisotopic (exact) mass is 412 g/mol. The lowest BCUT2D eigenvalue weighted by molar-refractivity contribution is 0.0987. The highest BCUT2D eigenvalue weighted by Crippen LogP contribution is 2.27. The second-order valence-electron chi connectivity index (χ2n) is 7.83. The number of aromatic amines is 1. The highest BCUT2D eigenvalue weighted by Gasteiger charge is 2.31. The zero-order valence-electron chi connectivity index (χ0n) is 16.3. The number of halogens is 1. The van der Waals surface area contributed by atoms with E-state index in [4.69, 9.17) is 17.3 Å². The number of rotatable bonds is 4.